The highest BCUT2D eigenvalue weighted by atomic mass is 16.1. The molecule has 2 aliphatic rings. The van der Waals surface area contributed by atoms with Crippen molar-refractivity contribution in [3.8, 4) is 0 Å². The van der Waals surface area contributed by atoms with Crippen LogP contribution in [0.2, 0.25) is 0 Å². The second-order valence-corrected chi connectivity index (χ2v) is 6.76. The minimum Gasteiger partial charge on any atom is -0.303 e. The summed E-state index contributed by atoms with van der Waals surface area (Å²) in [7, 11) is 0. The lowest BCUT2D eigenvalue weighted by atomic mass is 9.71. The van der Waals surface area contributed by atoms with Crippen molar-refractivity contribution < 1.29 is 4.79 Å². The molecule has 1 nitrogen and oxygen atoms in total. The lowest BCUT2D eigenvalue weighted by Gasteiger charge is -2.34. The number of rotatable bonds is 5. The number of hydrogen-bond donors (Lipinski definition) is 0. The molecule has 2 unspecified atom stereocenters. The number of hydrogen-bond acceptors (Lipinski definition) is 1. The van der Waals surface area contributed by atoms with E-state index in [0.717, 1.165) is 17.8 Å². The summed E-state index contributed by atoms with van der Waals surface area (Å²) in [6.45, 7) is 2.31. The van der Waals surface area contributed by atoms with Crippen molar-refractivity contribution in [2.75, 3.05) is 0 Å². The smallest absolute Gasteiger partial charge is 0.123 e. The van der Waals surface area contributed by atoms with Crippen molar-refractivity contribution in [2.24, 2.45) is 23.7 Å². The minimum absolute atomic E-state index is 0.395. The largest absolute Gasteiger partial charge is 0.303 e. The quantitative estimate of drug-likeness (QED) is 0.628. The normalized spacial score (nSPS) is 37.4. The van der Waals surface area contributed by atoms with E-state index in [9.17, 15) is 4.79 Å². The Hall–Kier alpha value is -0.330. The molecule has 2 atom stereocenters. The second-order valence-electron chi connectivity index (χ2n) is 6.76. The molecule has 2 saturated carbocycles. The average Bonchev–Trinajstić information content (AvgIpc) is 2.42. The van der Waals surface area contributed by atoms with E-state index in [0.29, 0.717) is 5.92 Å². The minimum atomic E-state index is 0.395. The highest BCUT2D eigenvalue weighted by Gasteiger charge is 2.29. The van der Waals surface area contributed by atoms with Crippen LogP contribution >= 0.6 is 0 Å². The Balaban J connectivity index is 1.74. The van der Waals surface area contributed by atoms with Gasteiger partial charge in [0.1, 0.15) is 6.29 Å². The van der Waals surface area contributed by atoms with Crippen molar-refractivity contribution in [1.82, 2.24) is 0 Å². The van der Waals surface area contributed by atoms with Crippen molar-refractivity contribution >= 4 is 6.29 Å². The van der Waals surface area contributed by atoms with Crippen LogP contribution < -0.4 is 0 Å². The third-order valence-electron chi connectivity index (χ3n) is 5.44. The zero-order valence-corrected chi connectivity index (χ0v) is 12.1. The summed E-state index contributed by atoms with van der Waals surface area (Å²) in [6, 6.07) is 0. The van der Waals surface area contributed by atoms with Crippen LogP contribution in [-0.2, 0) is 4.79 Å². The van der Waals surface area contributed by atoms with Crippen LogP contribution in [0.5, 0.6) is 0 Å². The van der Waals surface area contributed by atoms with Gasteiger partial charge in [-0.15, -0.1) is 0 Å². The number of carbonyl (C=O) groups excluding carboxylic acids is 1. The molecular formula is C17H30O. The van der Waals surface area contributed by atoms with Gasteiger partial charge in [0.15, 0.2) is 0 Å². The number of aldehydes is 1. The van der Waals surface area contributed by atoms with Gasteiger partial charge in [-0.25, -0.2) is 0 Å². The molecule has 0 bridgehead atoms. The molecule has 0 radical (unpaired) electrons. The molecule has 0 aliphatic heterocycles. The third-order valence-corrected chi connectivity index (χ3v) is 5.44. The second kappa shape index (κ2) is 7.31. The van der Waals surface area contributed by atoms with E-state index in [1.54, 1.807) is 0 Å². The summed E-state index contributed by atoms with van der Waals surface area (Å²) < 4.78 is 0. The van der Waals surface area contributed by atoms with Gasteiger partial charge >= 0.3 is 0 Å². The van der Waals surface area contributed by atoms with Crippen LogP contribution in [0.1, 0.15) is 77.6 Å². The van der Waals surface area contributed by atoms with Gasteiger partial charge in [-0.05, 0) is 37.0 Å². The SMILES string of the molecule is CCCC1CCC(CC2CCCCC2C=O)CC1. The van der Waals surface area contributed by atoms with E-state index in [4.69, 9.17) is 0 Å². The molecule has 0 spiro atoms. The summed E-state index contributed by atoms with van der Waals surface area (Å²) in [4.78, 5) is 11.1. The average molecular weight is 250 g/mol. The van der Waals surface area contributed by atoms with Crippen molar-refractivity contribution in [2.45, 2.75) is 77.6 Å². The molecule has 0 N–H and O–H groups in total. The predicted molar refractivity (Wildman–Crippen MR) is 76.5 cm³/mol. The van der Waals surface area contributed by atoms with E-state index < -0.39 is 0 Å². The van der Waals surface area contributed by atoms with Crippen molar-refractivity contribution in [3.63, 3.8) is 0 Å². The molecule has 18 heavy (non-hydrogen) atoms. The molecule has 2 fully saturated rings. The molecule has 2 aliphatic carbocycles. The maximum Gasteiger partial charge on any atom is 0.123 e. The van der Waals surface area contributed by atoms with E-state index in [1.807, 2.05) is 0 Å². The van der Waals surface area contributed by atoms with Crippen LogP contribution in [0, 0.1) is 23.7 Å². The summed E-state index contributed by atoms with van der Waals surface area (Å²) in [5.41, 5.74) is 0. The zero-order chi connectivity index (χ0) is 12.8. The highest BCUT2D eigenvalue weighted by Crippen LogP contribution is 2.39. The van der Waals surface area contributed by atoms with Crippen LogP contribution in [0.3, 0.4) is 0 Å². The van der Waals surface area contributed by atoms with Gasteiger partial charge in [-0.2, -0.15) is 0 Å². The number of carbonyl (C=O) groups is 1. The first kappa shape index (κ1) is 14.1. The van der Waals surface area contributed by atoms with Gasteiger partial charge in [0, 0.05) is 5.92 Å². The first-order valence-corrected chi connectivity index (χ1v) is 8.28. The summed E-state index contributed by atoms with van der Waals surface area (Å²) in [5.74, 6) is 3.07. The lowest BCUT2D eigenvalue weighted by Crippen LogP contribution is -2.25. The van der Waals surface area contributed by atoms with E-state index in [2.05, 4.69) is 6.92 Å². The summed E-state index contributed by atoms with van der Waals surface area (Å²) in [6.07, 6.45) is 16.3. The van der Waals surface area contributed by atoms with Gasteiger partial charge in [0.05, 0.1) is 0 Å². The first-order chi connectivity index (χ1) is 8.83. The maximum absolute atomic E-state index is 11.1. The fourth-order valence-electron chi connectivity index (χ4n) is 4.30. The monoisotopic (exact) mass is 250 g/mol. The molecule has 0 aromatic rings. The van der Waals surface area contributed by atoms with Crippen LogP contribution in [-0.4, -0.2) is 6.29 Å². The Morgan fingerprint density at radius 1 is 0.944 bits per heavy atom. The van der Waals surface area contributed by atoms with E-state index >= 15 is 0 Å². The van der Waals surface area contributed by atoms with Gasteiger partial charge in [-0.3, -0.25) is 0 Å². The lowest BCUT2D eigenvalue weighted by molar-refractivity contribution is -0.113. The highest BCUT2D eigenvalue weighted by molar-refractivity contribution is 5.54. The van der Waals surface area contributed by atoms with Gasteiger partial charge in [-0.1, -0.05) is 58.3 Å². The molecular weight excluding hydrogens is 220 g/mol. The first-order valence-electron chi connectivity index (χ1n) is 8.28. The fourth-order valence-corrected chi connectivity index (χ4v) is 4.30. The summed E-state index contributed by atoms with van der Waals surface area (Å²) >= 11 is 0. The Kier molecular flexibility index (Phi) is 5.72. The van der Waals surface area contributed by atoms with Crippen LogP contribution in [0.15, 0.2) is 0 Å². The zero-order valence-electron chi connectivity index (χ0n) is 12.1. The molecule has 0 aromatic carbocycles. The molecule has 104 valence electrons. The van der Waals surface area contributed by atoms with Gasteiger partial charge in [0.25, 0.3) is 0 Å². The maximum atomic E-state index is 11.1. The Morgan fingerprint density at radius 3 is 2.28 bits per heavy atom. The molecule has 0 saturated heterocycles. The Morgan fingerprint density at radius 2 is 1.61 bits per heavy atom. The molecule has 0 amide bonds. The van der Waals surface area contributed by atoms with E-state index in [1.165, 1.54) is 76.9 Å². The Labute approximate surface area is 113 Å². The predicted octanol–water partition coefficient (Wildman–Crippen LogP) is 4.99. The van der Waals surface area contributed by atoms with E-state index in [-0.39, 0.29) is 0 Å². The molecule has 0 heterocycles. The molecule has 0 aromatic heterocycles. The van der Waals surface area contributed by atoms with Crippen molar-refractivity contribution in [3.05, 3.63) is 0 Å². The summed E-state index contributed by atoms with van der Waals surface area (Å²) in [5, 5.41) is 0. The van der Waals surface area contributed by atoms with Crippen molar-refractivity contribution in [1.29, 1.82) is 0 Å². The van der Waals surface area contributed by atoms with Crippen LogP contribution in [0.25, 0.3) is 0 Å². The third kappa shape index (κ3) is 3.83. The standard InChI is InChI=1S/C17H30O/c1-2-5-14-8-10-15(11-9-14)12-16-6-3-4-7-17(16)13-18/h13-17H,2-12H2,1H3. The van der Waals surface area contributed by atoms with Gasteiger partial charge in [0.2, 0.25) is 0 Å². The fraction of sp³-hybridized carbons (Fsp3) is 0.941. The topological polar surface area (TPSA) is 17.1 Å². The Bertz CT molecular complexity index is 240. The van der Waals surface area contributed by atoms with Gasteiger partial charge < -0.3 is 4.79 Å². The molecule has 1 heteroatoms. The molecule has 2 rings (SSSR count). The van der Waals surface area contributed by atoms with Crippen LogP contribution in [0.4, 0.5) is 0 Å².